The minimum Gasteiger partial charge on any atom is -0.497 e. The minimum absolute atomic E-state index is 0.105. The van der Waals surface area contributed by atoms with E-state index in [0.29, 0.717) is 47.3 Å². The molecule has 0 aromatic heterocycles. The van der Waals surface area contributed by atoms with Crippen LogP contribution >= 0.6 is 0 Å². The van der Waals surface area contributed by atoms with Gasteiger partial charge in [0.1, 0.15) is 25.0 Å². The van der Waals surface area contributed by atoms with Crippen LogP contribution in [0.4, 0.5) is 5.69 Å². The Balaban J connectivity index is 1.62. The molecule has 198 valence electrons. The van der Waals surface area contributed by atoms with E-state index in [2.05, 4.69) is 11.4 Å². The number of hydrogen-bond donors (Lipinski definition) is 1. The molecule has 0 saturated heterocycles. The maximum Gasteiger partial charge on any atom is 0.259 e. The molecule has 2 aliphatic rings. The van der Waals surface area contributed by atoms with Gasteiger partial charge < -0.3 is 19.5 Å². The molecule has 7 nitrogen and oxygen atoms in total. The number of nitrogens with one attached hydrogen (secondary N) is 1. The summed E-state index contributed by atoms with van der Waals surface area (Å²) in [6.45, 7) is 4.87. The lowest BCUT2D eigenvalue weighted by atomic mass is 9.99. The highest BCUT2D eigenvalue weighted by atomic mass is 16.6. The third kappa shape index (κ3) is 5.47. The fourth-order valence-electron chi connectivity index (χ4n) is 5.34. The van der Waals surface area contributed by atoms with Gasteiger partial charge in [-0.25, -0.2) is 0 Å². The van der Waals surface area contributed by atoms with Crippen LogP contribution in [-0.4, -0.2) is 38.2 Å². The van der Waals surface area contributed by atoms with Crippen molar-refractivity contribution in [3.63, 3.8) is 0 Å². The van der Waals surface area contributed by atoms with Gasteiger partial charge in [0.2, 0.25) is 5.91 Å². The minimum atomic E-state index is -0.886. The smallest absolute Gasteiger partial charge is 0.259 e. The second-order valence-electron chi connectivity index (χ2n) is 10.0. The Morgan fingerprint density at radius 3 is 2.21 bits per heavy atom. The largest absolute Gasteiger partial charge is 0.497 e. The number of carbonyl (C=O) groups is 2. The Morgan fingerprint density at radius 1 is 0.895 bits per heavy atom. The Morgan fingerprint density at radius 2 is 1.55 bits per heavy atom. The Bertz CT molecular complexity index is 1290. The fourth-order valence-corrected chi connectivity index (χ4v) is 5.34. The van der Waals surface area contributed by atoms with E-state index in [4.69, 9.17) is 14.2 Å². The number of ether oxygens (including phenoxy) is 3. The molecule has 2 amide bonds. The third-order valence-electron chi connectivity index (χ3n) is 7.13. The Kier molecular flexibility index (Phi) is 7.54. The topological polar surface area (TPSA) is 77.1 Å². The summed E-state index contributed by atoms with van der Waals surface area (Å²) in [7, 11) is 1.60. The molecule has 0 radical (unpaired) electrons. The number of anilines is 1. The number of rotatable bonds is 7. The van der Waals surface area contributed by atoms with Crippen LogP contribution in [0.5, 0.6) is 17.2 Å². The number of amides is 2. The van der Waals surface area contributed by atoms with E-state index in [0.717, 1.165) is 36.8 Å². The van der Waals surface area contributed by atoms with E-state index in [1.54, 1.807) is 30.2 Å². The zero-order chi connectivity index (χ0) is 26.6. The van der Waals surface area contributed by atoms with Crippen molar-refractivity contribution in [2.45, 2.75) is 51.6 Å². The summed E-state index contributed by atoms with van der Waals surface area (Å²) in [4.78, 5) is 30.0. The molecule has 3 aromatic carbocycles. The van der Waals surface area contributed by atoms with E-state index in [1.165, 1.54) is 0 Å². The van der Waals surface area contributed by atoms with Gasteiger partial charge in [-0.2, -0.15) is 0 Å². The molecule has 1 atom stereocenters. The molecule has 0 bridgehead atoms. The van der Waals surface area contributed by atoms with Gasteiger partial charge >= 0.3 is 0 Å². The number of methoxy groups -OCH3 is 1. The molecule has 1 N–H and O–H groups in total. The molecule has 1 fully saturated rings. The van der Waals surface area contributed by atoms with Gasteiger partial charge in [0.25, 0.3) is 5.91 Å². The highest BCUT2D eigenvalue weighted by molar-refractivity contribution is 6.10. The van der Waals surface area contributed by atoms with Gasteiger partial charge in [-0.1, -0.05) is 31.0 Å². The van der Waals surface area contributed by atoms with Gasteiger partial charge in [0.15, 0.2) is 11.5 Å². The first-order valence-electron chi connectivity index (χ1n) is 13.2. The molecule has 7 heteroatoms. The number of fused-ring (bicyclic) bond motifs is 1. The van der Waals surface area contributed by atoms with Crippen molar-refractivity contribution in [1.82, 2.24) is 5.32 Å². The molecule has 3 aromatic rings. The molecule has 1 saturated carbocycles. The first kappa shape index (κ1) is 25.6. The summed E-state index contributed by atoms with van der Waals surface area (Å²) in [5.41, 5.74) is 3.78. The summed E-state index contributed by atoms with van der Waals surface area (Å²) in [5, 5.41) is 3.23. The van der Waals surface area contributed by atoms with E-state index in [1.807, 2.05) is 50.2 Å². The van der Waals surface area contributed by atoms with E-state index in [-0.39, 0.29) is 17.9 Å². The van der Waals surface area contributed by atoms with Crippen molar-refractivity contribution in [3.8, 4) is 17.2 Å². The van der Waals surface area contributed by atoms with E-state index < -0.39 is 6.04 Å². The molecule has 0 unspecified atom stereocenters. The average molecular weight is 515 g/mol. The van der Waals surface area contributed by atoms with Crippen LogP contribution in [0.1, 0.15) is 58.8 Å². The van der Waals surface area contributed by atoms with Gasteiger partial charge in [0, 0.05) is 17.3 Å². The molecule has 1 aliphatic carbocycles. The summed E-state index contributed by atoms with van der Waals surface area (Å²) >= 11 is 0. The van der Waals surface area contributed by atoms with Crippen LogP contribution in [0.15, 0.2) is 60.7 Å². The molecular weight excluding hydrogens is 480 g/mol. The Labute approximate surface area is 223 Å². The molecular formula is C31H34N2O5. The van der Waals surface area contributed by atoms with Crippen molar-refractivity contribution < 1.29 is 23.8 Å². The molecule has 0 spiro atoms. The van der Waals surface area contributed by atoms with Crippen molar-refractivity contribution in [3.05, 3.63) is 82.9 Å². The second kappa shape index (κ2) is 11.2. The van der Waals surface area contributed by atoms with Crippen LogP contribution in [0.25, 0.3) is 0 Å². The van der Waals surface area contributed by atoms with Gasteiger partial charge in [-0.15, -0.1) is 0 Å². The number of benzene rings is 3. The number of carbonyl (C=O) groups excluding carboxylic acids is 2. The number of hydrogen-bond acceptors (Lipinski definition) is 5. The van der Waals surface area contributed by atoms with Crippen LogP contribution in [0.2, 0.25) is 0 Å². The quantitative estimate of drug-likeness (QED) is 0.449. The summed E-state index contributed by atoms with van der Waals surface area (Å²) in [5.74, 6) is 1.32. The average Bonchev–Trinajstić information content (AvgIpc) is 3.43. The standard InChI is InChI=1S/C31H34N2O5/c1-20-16-21(2)18-25(17-20)33(31(35)23-10-13-27-28(19-23)38-15-14-37-27)29(22-8-11-26(36-3)12-9-22)30(34)32-24-6-4-5-7-24/h8-13,16-19,24,29H,4-7,14-15H2,1-3H3,(H,32,34)/t29-/m1/s1. The van der Waals surface area contributed by atoms with Gasteiger partial charge in [-0.3, -0.25) is 14.5 Å². The predicted octanol–water partition coefficient (Wildman–Crippen LogP) is 5.53. The SMILES string of the molecule is COc1ccc([C@H](C(=O)NC2CCCC2)N(C(=O)c2ccc3c(c2)OCCO3)c2cc(C)cc(C)c2)cc1. The van der Waals surface area contributed by atoms with Crippen LogP contribution in [0.3, 0.4) is 0 Å². The van der Waals surface area contributed by atoms with Crippen molar-refractivity contribution in [2.75, 3.05) is 25.2 Å². The lowest BCUT2D eigenvalue weighted by molar-refractivity contribution is -0.123. The van der Waals surface area contributed by atoms with Gasteiger partial charge in [0.05, 0.1) is 7.11 Å². The third-order valence-corrected chi connectivity index (χ3v) is 7.13. The van der Waals surface area contributed by atoms with E-state index >= 15 is 0 Å². The van der Waals surface area contributed by atoms with Crippen molar-refractivity contribution in [1.29, 1.82) is 0 Å². The summed E-state index contributed by atoms with van der Waals surface area (Å²) in [6, 6.07) is 17.7. The van der Waals surface area contributed by atoms with E-state index in [9.17, 15) is 9.59 Å². The highest BCUT2D eigenvalue weighted by Gasteiger charge is 2.35. The Hall–Kier alpha value is -4.00. The van der Waals surface area contributed by atoms with Gasteiger partial charge in [-0.05, 0) is 85.8 Å². The maximum atomic E-state index is 14.4. The normalized spacial score (nSPS) is 15.6. The monoisotopic (exact) mass is 514 g/mol. The summed E-state index contributed by atoms with van der Waals surface area (Å²) < 4.78 is 16.8. The van der Waals surface area contributed by atoms with Crippen molar-refractivity contribution in [2.24, 2.45) is 0 Å². The second-order valence-corrected chi connectivity index (χ2v) is 10.0. The molecule has 1 heterocycles. The lowest BCUT2D eigenvalue weighted by Crippen LogP contribution is -2.46. The maximum absolute atomic E-state index is 14.4. The zero-order valence-corrected chi connectivity index (χ0v) is 22.2. The number of nitrogens with zero attached hydrogens (tertiary/aromatic N) is 1. The predicted molar refractivity (Wildman–Crippen MR) is 146 cm³/mol. The lowest BCUT2D eigenvalue weighted by Gasteiger charge is -2.33. The molecule has 1 aliphatic heterocycles. The van der Waals surface area contributed by atoms with Crippen LogP contribution in [-0.2, 0) is 4.79 Å². The first-order valence-corrected chi connectivity index (χ1v) is 13.2. The zero-order valence-electron chi connectivity index (χ0n) is 22.2. The first-order chi connectivity index (χ1) is 18.4. The van der Waals surface area contributed by atoms with Crippen LogP contribution in [0, 0.1) is 13.8 Å². The number of aryl methyl sites for hydroxylation is 2. The summed E-state index contributed by atoms with van der Waals surface area (Å²) in [6.07, 6.45) is 4.07. The fraction of sp³-hybridized carbons (Fsp3) is 0.355. The molecule has 5 rings (SSSR count). The van der Waals surface area contributed by atoms with Crippen molar-refractivity contribution >= 4 is 17.5 Å². The molecule has 38 heavy (non-hydrogen) atoms. The highest BCUT2D eigenvalue weighted by Crippen LogP contribution is 2.36. The van der Waals surface area contributed by atoms with Crippen LogP contribution < -0.4 is 24.4 Å².